The Labute approximate surface area is 162 Å². The molecule has 1 aliphatic rings. The molecule has 6 nitrogen and oxygen atoms in total. The number of guanidine groups is 1. The van der Waals surface area contributed by atoms with Gasteiger partial charge in [0.2, 0.25) is 0 Å². The standard InChI is InChI=1S/C21H33N5O/c1-3-22-21(23-9-5-11-26-12-14-27-15-13-26)24-10-8-18-16-25-20-17(2)6-4-7-19(18)20/h4,6-7,16,25H,3,5,8-15H2,1-2H3,(H2,22,23,24). The summed E-state index contributed by atoms with van der Waals surface area (Å²) in [5.74, 6) is 0.912. The molecule has 1 aromatic carbocycles. The van der Waals surface area contributed by atoms with Gasteiger partial charge in [0.25, 0.3) is 0 Å². The van der Waals surface area contributed by atoms with Gasteiger partial charge in [0.1, 0.15) is 0 Å². The molecule has 0 amide bonds. The molecule has 0 spiro atoms. The molecule has 2 aromatic rings. The van der Waals surface area contributed by atoms with E-state index in [0.717, 1.165) is 71.3 Å². The van der Waals surface area contributed by atoms with Gasteiger partial charge in [0, 0.05) is 56.4 Å². The van der Waals surface area contributed by atoms with Crippen LogP contribution in [0.25, 0.3) is 10.9 Å². The Morgan fingerprint density at radius 3 is 2.93 bits per heavy atom. The molecule has 0 unspecified atom stereocenters. The van der Waals surface area contributed by atoms with Crippen LogP contribution >= 0.6 is 0 Å². The lowest BCUT2D eigenvalue weighted by Crippen LogP contribution is -2.39. The number of H-pyrrole nitrogens is 1. The Kier molecular flexibility index (Phi) is 7.54. The van der Waals surface area contributed by atoms with E-state index in [2.05, 4.69) is 58.8 Å². The minimum Gasteiger partial charge on any atom is -0.379 e. The second-order valence-corrected chi connectivity index (χ2v) is 7.06. The van der Waals surface area contributed by atoms with E-state index in [1.165, 1.54) is 22.0 Å². The van der Waals surface area contributed by atoms with Crippen LogP contribution in [0, 0.1) is 6.92 Å². The molecule has 1 saturated heterocycles. The van der Waals surface area contributed by atoms with Gasteiger partial charge in [0.05, 0.1) is 13.2 Å². The van der Waals surface area contributed by atoms with Crippen LogP contribution in [0.3, 0.4) is 0 Å². The Hall–Kier alpha value is -2.05. The molecule has 0 aliphatic carbocycles. The predicted octanol–water partition coefficient (Wildman–Crippen LogP) is 2.30. The van der Waals surface area contributed by atoms with Crippen molar-refractivity contribution in [2.75, 3.05) is 52.5 Å². The van der Waals surface area contributed by atoms with E-state index < -0.39 is 0 Å². The van der Waals surface area contributed by atoms with Crippen LogP contribution in [0.2, 0.25) is 0 Å². The van der Waals surface area contributed by atoms with E-state index in [-0.39, 0.29) is 0 Å². The molecule has 0 saturated carbocycles. The molecular formula is C21H33N5O. The van der Waals surface area contributed by atoms with E-state index in [0.29, 0.717) is 0 Å². The number of benzene rings is 1. The summed E-state index contributed by atoms with van der Waals surface area (Å²) >= 11 is 0. The first-order chi connectivity index (χ1) is 13.3. The number of aliphatic imine (C=N–C) groups is 1. The summed E-state index contributed by atoms with van der Waals surface area (Å²) in [6, 6.07) is 6.47. The summed E-state index contributed by atoms with van der Waals surface area (Å²) in [5, 5.41) is 8.14. The molecule has 148 valence electrons. The van der Waals surface area contributed by atoms with Gasteiger partial charge in [-0.2, -0.15) is 0 Å². The number of morpholine rings is 1. The lowest BCUT2D eigenvalue weighted by molar-refractivity contribution is 0.0377. The molecule has 0 bridgehead atoms. The lowest BCUT2D eigenvalue weighted by atomic mass is 10.1. The SMILES string of the molecule is CCNC(=NCCCN1CCOCC1)NCCc1c[nH]c2c(C)cccc12. The van der Waals surface area contributed by atoms with E-state index in [4.69, 9.17) is 9.73 Å². The fourth-order valence-electron chi connectivity index (χ4n) is 3.54. The fraction of sp³-hybridized carbons (Fsp3) is 0.571. The minimum atomic E-state index is 0.846. The van der Waals surface area contributed by atoms with Gasteiger partial charge in [0.15, 0.2) is 5.96 Å². The van der Waals surface area contributed by atoms with Crippen LogP contribution in [-0.2, 0) is 11.2 Å². The molecular weight excluding hydrogens is 338 g/mol. The van der Waals surface area contributed by atoms with Crippen molar-refractivity contribution < 1.29 is 4.74 Å². The molecule has 6 heteroatoms. The van der Waals surface area contributed by atoms with Crippen molar-refractivity contribution in [1.82, 2.24) is 20.5 Å². The first kappa shape index (κ1) is 19.7. The van der Waals surface area contributed by atoms with E-state index in [1.807, 2.05) is 0 Å². The number of nitrogens with zero attached hydrogens (tertiary/aromatic N) is 2. The Bertz CT molecular complexity index is 733. The summed E-state index contributed by atoms with van der Waals surface area (Å²) in [7, 11) is 0. The monoisotopic (exact) mass is 371 g/mol. The number of aryl methyl sites for hydroxylation is 1. The number of nitrogens with one attached hydrogen (secondary N) is 3. The molecule has 0 radical (unpaired) electrons. The van der Waals surface area contributed by atoms with Gasteiger partial charge >= 0.3 is 0 Å². The highest BCUT2D eigenvalue weighted by Crippen LogP contribution is 2.21. The third kappa shape index (κ3) is 5.71. The van der Waals surface area contributed by atoms with Crippen LogP contribution < -0.4 is 10.6 Å². The maximum atomic E-state index is 5.39. The number of hydrogen-bond donors (Lipinski definition) is 3. The van der Waals surface area contributed by atoms with Gasteiger partial charge in [-0.25, -0.2) is 0 Å². The third-order valence-corrected chi connectivity index (χ3v) is 5.05. The molecule has 27 heavy (non-hydrogen) atoms. The zero-order valence-corrected chi connectivity index (χ0v) is 16.7. The van der Waals surface area contributed by atoms with Crippen LogP contribution in [0.15, 0.2) is 29.4 Å². The normalized spacial score (nSPS) is 16.0. The summed E-state index contributed by atoms with van der Waals surface area (Å²) in [6.45, 7) is 11.8. The van der Waals surface area contributed by atoms with Crippen molar-refractivity contribution in [1.29, 1.82) is 0 Å². The smallest absolute Gasteiger partial charge is 0.191 e. The first-order valence-corrected chi connectivity index (χ1v) is 10.2. The van der Waals surface area contributed by atoms with Crippen LogP contribution in [0.4, 0.5) is 0 Å². The summed E-state index contributed by atoms with van der Waals surface area (Å²) < 4.78 is 5.39. The Morgan fingerprint density at radius 1 is 1.26 bits per heavy atom. The summed E-state index contributed by atoms with van der Waals surface area (Å²) in [4.78, 5) is 10.6. The number of hydrogen-bond acceptors (Lipinski definition) is 3. The maximum Gasteiger partial charge on any atom is 0.191 e. The second-order valence-electron chi connectivity index (χ2n) is 7.06. The molecule has 3 rings (SSSR count). The van der Waals surface area contributed by atoms with Gasteiger partial charge in [-0.1, -0.05) is 18.2 Å². The topological polar surface area (TPSA) is 64.7 Å². The van der Waals surface area contributed by atoms with E-state index >= 15 is 0 Å². The van der Waals surface area contributed by atoms with Crippen molar-refractivity contribution in [2.24, 2.45) is 4.99 Å². The van der Waals surface area contributed by atoms with Crippen LogP contribution in [0.1, 0.15) is 24.5 Å². The van der Waals surface area contributed by atoms with E-state index in [1.54, 1.807) is 0 Å². The Morgan fingerprint density at radius 2 is 2.11 bits per heavy atom. The zero-order valence-electron chi connectivity index (χ0n) is 16.7. The molecule has 1 aromatic heterocycles. The number of aromatic nitrogens is 1. The van der Waals surface area contributed by atoms with Crippen molar-refractivity contribution in [3.8, 4) is 0 Å². The molecule has 2 heterocycles. The first-order valence-electron chi connectivity index (χ1n) is 10.2. The van der Waals surface area contributed by atoms with E-state index in [9.17, 15) is 0 Å². The second kappa shape index (κ2) is 10.3. The van der Waals surface area contributed by atoms with Crippen molar-refractivity contribution in [3.05, 3.63) is 35.5 Å². The molecule has 1 fully saturated rings. The zero-order chi connectivity index (χ0) is 18.9. The molecule has 3 N–H and O–H groups in total. The number of ether oxygens (including phenoxy) is 1. The summed E-state index contributed by atoms with van der Waals surface area (Å²) in [6.07, 6.45) is 4.19. The predicted molar refractivity (Wildman–Crippen MR) is 113 cm³/mol. The number of fused-ring (bicyclic) bond motifs is 1. The van der Waals surface area contributed by atoms with Crippen molar-refractivity contribution in [2.45, 2.75) is 26.7 Å². The van der Waals surface area contributed by atoms with Gasteiger partial charge in [-0.3, -0.25) is 9.89 Å². The summed E-state index contributed by atoms with van der Waals surface area (Å²) in [5.41, 5.74) is 3.89. The largest absolute Gasteiger partial charge is 0.379 e. The highest BCUT2D eigenvalue weighted by atomic mass is 16.5. The lowest BCUT2D eigenvalue weighted by Gasteiger charge is -2.26. The van der Waals surface area contributed by atoms with Crippen molar-refractivity contribution in [3.63, 3.8) is 0 Å². The quantitative estimate of drug-likeness (QED) is 0.378. The average Bonchev–Trinajstić information content (AvgIpc) is 3.10. The van der Waals surface area contributed by atoms with Gasteiger partial charge in [-0.05, 0) is 37.8 Å². The van der Waals surface area contributed by atoms with Gasteiger partial charge in [-0.15, -0.1) is 0 Å². The third-order valence-electron chi connectivity index (χ3n) is 5.05. The molecule has 1 aliphatic heterocycles. The number of rotatable bonds is 8. The van der Waals surface area contributed by atoms with Crippen molar-refractivity contribution >= 4 is 16.9 Å². The average molecular weight is 372 g/mol. The fourth-order valence-corrected chi connectivity index (χ4v) is 3.54. The minimum absolute atomic E-state index is 0.846. The number of para-hydroxylation sites is 1. The van der Waals surface area contributed by atoms with Crippen LogP contribution in [0.5, 0.6) is 0 Å². The Balaban J connectivity index is 1.45. The maximum absolute atomic E-state index is 5.39. The van der Waals surface area contributed by atoms with Crippen LogP contribution in [-0.4, -0.2) is 68.3 Å². The highest BCUT2D eigenvalue weighted by Gasteiger charge is 2.09. The number of aromatic amines is 1. The van der Waals surface area contributed by atoms with Gasteiger partial charge < -0.3 is 20.4 Å². The molecule has 0 atom stereocenters. The highest BCUT2D eigenvalue weighted by molar-refractivity contribution is 5.86.